The monoisotopic (exact) mass is 458 g/mol. The zero-order valence-electron chi connectivity index (χ0n) is 18.3. The smallest absolute Gasteiger partial charge is 0.306 e. The quantitative estimate of drug-likeness (QED) is 0.541. The molecule has 2 aromatic rings. The Morgan fingerprint density at radius 1 is 1.19 bits per heavy atom. The molecule has 0 spiro atoms. The highest BCUT2D eigenvalue weighted by atomic mass is 35.5. The van der Waals surface area contributed by atoms with E-state index in [1.54, 1.807) is 18.2 Å². The van der Waals surface area contributed by atoms with Gasteiger partial charge in [0.25, 0.3) is 0 Å². The lowest BCUT2D eigenvalue weighted by atomic mass is 10.2. The maximum Gasteiger partial charge on any atom is 0.306 e. The fourth-order valence-corrected chi connectivity index (χ4v) is 3.77. The van der Waals surface area contributed by atoms with E-state index in [-0.39, 0.29) is 12.1 Å². The number of hydrogen-bond donors (Lipinski definition) is 0. The Bertz CT molecular complexity index is 979. The van der Waals surface area contributed by atoms with Crippen LogP contribution >= 0.6 is 11.6 Å². The van der Waals surface area contributed by atoms with Crippen molar-refractivity contribution in [2.45, 2.75) is 25.9 Å². The van der Waals surface area contributed by atoms with E-state index in [4.69, 9.17) is 30.5 Å². The molecule has 0 radical (unpaired) electrons. The first-order chi connectivity index (χ1) is 15.5. The lowest BCUT2D eigenvalue weighted by Crippen LogP contribution is -2.34. The normalized spacial score (nSPS) is 17.2. The van der Waals surface area contributed by atoms with Crippen LogP contribution in [0.25, 0.3) is 0 Å². The minimum atomic E-state index is -0.210. The van der Waals surface area contributed by atoms with Gasteiger partial charge in [-0.25, -0.2) is 0 Å². The summed E-state index contributed by atoms with van der Waals surface area (Å²) in [5, 5.41) is 0.607. The fraction of sp³-hybridized carbons (Fsp3) is 0.375. The molecule has 0 aliphatic carbocycles. The second kappa shape index (κ2) is 10.0. The summed E-state index contributed by atoms with van der Waals surface area (Å²) in [5.74, 6) is 1.92. The maximum absolute atomic E-state index is 11.6. The van der Waals surface area contributed by atoms with E-state index in [1.165, 1.54) is 0 Å². The maximum atomic E-state index is 11.6. The predicted octanol–water partition coefficient (Wildman–Crippen LogP) is 4.45. The summed E-state index contributed by atoms with van der Waals surface area (Å²) in [6.45, 7) is 3.75. The number of carbonyl (C=O) groups is 1. The van der Waals surface area contributed by atoms with Crippen LogP contribution in [0.5, 0.6) is 17.2 Å². The molecular formula is C24H27ClN2O5. The van der Waals surface area contributed by atoms with Crippen LogP contribution in [0.1, 0.15) is 19.8 Å². The highest BCUT2D eigenvalue weighted by molar-refractivity contribution is 6.30. The van der Waals surface area contributed by atoms with Gasteiger partial charge in [0.05, 0.1) is 19.7 Å². The first-order valence-corrected chi connectivity index (χ1v) is 11.1. The summed E-state index contributed by atoms with van der Waals surface area (Å²) in [6, 6.07) is 13.2. The summed E-state index contributed by atoms with van der Waals surface area (Å²) in [7, 11) is 2.02. The van der Waals surface area contributed by atoms with Crippen LogP contribution in [0.2, 0.25) is 5.02 Å². The molecule has 2 aliphatic rings. The summed E-state index contributed by atoms with van der Waals surface area (Å²) >= 11 is 6.03. The van der Waals surface area contributed by atoms with Crippen molar-refractivity contribution in [3.63, 3.8) is 0 Å². The van der Waals surface area contributed by atoms with Gasteiger partial charge in [0, 0.05) is 35.7 Å². The molecule has 0 saturated carbocycles. The van der Waals surface area contributed by atoms with Crippen molar-refractivity contribution in [2.24, 2.45) is 0 Å². The molecule has 7 nitrogen and oxygen atoms in total. The molecule has 0 aromatic heterocycles. The minimum absolute atomic E-state index is 0.166. The number of nitrogens with zero attached hydrogens (tertiary/aromatic N) is 2. The number of rotatable bonds is 8. The molecule has 0 unspecified atom stereocenters. The molecule has 0 N–H and O–H groups in total. The number of esters is 1. The fourth-order valence-electron chi connectivity index (χ4n) is 3.61. The molecule has 2 heterocycles. The average molecular weight is 459 g/mol. The van der Waals surface area contributed by atoms with Crippen LogP contribution in [0.4, 0.5) is 5.69 Å². The number of halogens is 1. The van der Waals surface area contributed by atoms with E-state index in [9.17, 15) is 4.79 Å². The summed E-state index contributed by atoms with van der Waals surface area (Å²) in [4.78, 5) is 15.9. The van der Waals surface area contributed by atoms with Crippen molar-refractivity contribution in [3.8, 4) is 17.2 Å². The molecule has 4 rings (SSSR count). The number of allylic oxidation sites excluding steroid dienone is 1. The predicted molar refractivity (Wildman–Crippen MR) is 122 cm³/mol. The molecule has 2 aromatic carbocycles. The van der Waals surface area contributed by atoms with E-state index in [0.717, 1.165) is 23.8 Å². The summed E-state index contributed by atoms with van der Waals surface area (Å²) in [6.07, 6.45) is 2.90. The third kappa shape index (κ3) is 5.40. The van der Waals surface area contributed by atoms with Crippen LogP contribution < -0.4 is 19.1 Å². The molecule has 32 heavy (non-hydrogen) atoms. The van der Waals surface area contributed by atoms with Gasteiger partial charge < -0.3 is 28.7 Å². The van der Waals surface area contributed by atoms with Crippen molar-refractivity contribution in [3.05, 3.63) is 59.4 Å². The van der Waals surface area contributed by atoms with Gasteiger partial charge in [0.1, 0.15) is 19.0 Å². The molecule has 8 heteroatoms. The van der Waals surface area contributed by atoms with Gasteiger partial charge in [-0.3, -0.25) is 4.79 Å². The molecule has 0 bridgehead atoms. The largest absolute Gasteiger partial charge is 0.490 e. The highest BCUT2D eigenvalue weighted by Crippen LogP contribution is 2.34. The Kier molecular flexibility index (Phi) is 6.95. The van der Waals surface area contributed by atoms with Crippen LogP contribution in [-0.4, -0.2) is 50.5 Å². The van der Waals surface area contributed by atoms with Gasteiger partial charge in [-0.1, -0.05) is 11.6 Å². The minimum Gasteiger partial charge on any atom is -0.490 e. The molecule has 170 valence electrons. The molecule has 1 atom stereocenters. The zero-order valence-corrected chi connectivity index (χ0v) is 19.0. The van der Waals surface area contributed by atoms with Gasteiger partial charge in [-0.05, 0) is 49.7 Å². The van der Waals surface area contributed by atoms with Crippen molar-refractivity contribution in [1.29, 1.82) is 0 Å². The number of ether oxygens (including phenoxy) is 4. The van der Waals surface area contributed by atoms with E-state index >= 15 is 0 Å². The Labute approximate surface area is 193 Å². The Morgan fingerprint density at radius 2 is 2.00 bits per heavy atom. The van der Waals surface area contributed by atoms with Gasteiger partial charge in [-0.2, -0.15) is 0 Å². The van der Waals surface area contributed by atoms with Gasteiger partial charge in [-0.15, -0.1) is 0 Å². The van der Waals surface area contributed by atoms with E-state index in [1.807, 2.05) is 38.2 Å². The number of carbonyl (C=O) groups excluding carboxylic acids is 1. The first kappa shape index (κ1) is 22.1. The molecule has 0 amide bonds. The van der Waals surface area contributed by atoms with Crippen LogP contribution in [0, 0.1) is 0 Å². The van der Waals surface area contributed by atoms with Crippen molar-refractivity contribution in [1.82, 2.24) is 4.90 Å². The van der Waals surface area contributed by atoms with Crippen molar-refractivity contribution >= 4 is 23.3 Å². The topological polar surface area (TPSA) is 60.5 Å². The molecular weight excluding hydrogens is 432 g/mol. The third-order valence-corrected chi connectivity index (χ3v) is 5.51. The van der Waals surface area contributed by atoms with Crippen molar-refractivity contribution in [2.75, 3.05) is 38.4 Å². The van der Waals surface area contributed by atoms with Crippen LogP contribution in [0.15, 0.2) is 54.4 Å². The molecule has 2 aliphatic heterocycles. The Hall–Kier alpha value is -3.06. The SMILES string of the molecule is CCOC(=O)CCC1=CN(c2ccc(OC[C@H]3COc4ccc(Cl)cc4O3)cc2)CN1C. The molecule has 0 fully saturated rings. The third-order valence-electron chi connectivity index (χ3n) is 5.28. The summed E-state index contributed by atoms with van der Waals surface area (Å²) < 4.78 is 22.6. The summed E-state index contributed by atoms with van der Waals surface area (Å²) in [5.41, 5.74) is 2.16. The van der Waals surface area contributed by atoms with Crippen molar-refractivity contribution < 1.29 is 23.7 Å². The Balaban J connectivity index is 1.29. The Morgan fingerprint density at radius 3 is 2.78 bits per heavy atom. The number of hydrogen-bond acceptors (Lipinski definition) is 7. The first-order valence-electron chi connectivity index (χ1n) is 10.7. The second-order valence-corrected chi connectivity index (χ2v) is 8.12. The van der Waals surface area contributed by atoms with E-state index in [2.05, 4.69) is 16.0 Å². The van der Waals surface area contributed by atoms with Gasteiger partial charge in [0.15, 0.2) is 17.6 Å². The lowest BCUT2D eigenvalue weighted by molar-refractivity contribution is -0.143. The standard InChI is InChI=1S/C24H27ClN2O5/c1-3-29-24(28)11-7-19-13-27(16-26(19)2)18-5-8-20(9-6-18)30-14-21-15-31-22-10-4-17(25)12-23(22)32-21/h4-6,8-10,12-13,21H,3,7,11,14-16H2,1-2H3/t21-/m0/s1. The van der Waals surface area contributed by atoms with E-state index < -0.39 is 0 Å². The zero-order chi connectivity index (χ0) is 22.5. The lowest BCUT2D eigenvalue weighted by Gasteiger charge is -2.26. The second-order valence-electron chi connectivity index (χ2n) is 7.68. The van der Waals surface area contributed by atoms with Crippen LogP contribution in [0.3, 0.4) is 0 Å². The van der Waals surface area contributed by atoms with Gasteiger partial charge in [0.2, 0.25) is 0 Å². The number of fused-ring (bicyclic) bond motifs is 1. The number of anilines is 1. The van der Waals surface area contributed by atoms with E-state index in [0.29, 0.717) is 49.2 Å². The van der Waals surface area contributed by atoms with Gasteiger partial charge >= 0.3 is 5.97 Å². The highest BCUT2D eigenvalue weighted by Gasteiger charge is 2.22. The molecule has 0 saturated heterocycles. The average Bonchev–Trinajstić information content (AvgIpc) is 3.17. The number of benzene rings is 2. The van der Waals surface area contributed by atoms with Crippen LogP contribution in [-0.2, 0) is 9.53 Å².